The number of methoxy groups -OCH3 is 1. The van der Waals surface area contributed by atoms with E-state index >= 15 is 0 Å². The number of hydrazone groups is 1. The zero-order chi connectivity index (χ0) is 13.8. The molecule has 0 saturated carbocycles. The molecule has 0 radical (unpaired) electrons. The molecule has 0 bridgehead atoms. The number of halogens is 1. The minimum Gasteiger partial charge on any atom is -0.504 e. The van der Waals surface area contributed by atoms with Crippen LogP contribution >= 0.6 is 27.3 Å². The van der Waals surface area contributed by atoms with Crippen molar-refractivity contribution in [3.63, 3.8) is 0 Å². The highest BCUT2D eigenvalue weighted by atomic mass is 79.9. The van der Waals surface area contributed by atoms with Gasteiger partial charge in [-0.15, -0.1) is 11.3 Å². The third kappa shape index (κ3) is 3.45. The zero-order valence-electron chi connectivity index (χ0n) is 10.3. The lowest BCUT2D eigenvalue weighted by Crippen LogP contribution is -1.93. The van der Waals surface area contributed by atoms with Crippen molar-refractivity contribution in [3.05, 3.63) is 33.2 Å². The number of benzene rings is 1. The minimum atomic E-state index is 0.0477. The Kier molecular flexibility index (Phi) is 4.39. The van der Waals surface area contributed by atoms with Crippen molar-refractivity contribution in [2.45, 2.75) is 6.92 Å². The minimum absolute atomic E-state index is 0.0477. The molecule has 0 aliphatic heterocycles. The fraction of sp³-hybridized carbons (Fsp3) is 0.167. The molecule has 0 unspecified atom stereocenters. The van der Waals surface area contributed by atoms with Gasteiger partial charge < -0.3 is 9.84 Å². The van der Waals surface area contributed by atoms with Gasteiger partial charge in [-0.05, 0) is 19.1 Å². The van der Waals surface area contributed by atoms with E-state index in [1.54, 1.807) is 12.1 Å². The van der Waals surface area contributed by atoms with Crippen LogP contribution < -0.4 is 10.2 Å². The first kappa shape index (κ1) is 13.8. The van der Waals surface area contributed by atoms with Crippen LogP contribution in [-0.4, -0.2) is 23.4 Å². The fourth-order valence-corrected chi connectivity index (χ4v) is 2.50. The number of anilines is 1. The molecule has 1 aromatic heterocycles. The van der Waals surface area contributed by atoms with E-state index in [2.05, 4.69) is 31.4 Å². The molecule has 2 N–H and O–H groups in total. The molecule has 0 saturated heterocycles. The standard InChI is InChI=1S/C12H12BrN3O2S/c1-7-6-19-12(15-7)16-14-5-8-3-9(13)4-10(18-2)11(8)17/h3-6,17H,1-2H3,(H,15,16). The molecule has 0 atom stereocenters. The summed E-state index contributed by atoms with van der Waals surface area (Å²) in [4.78, 5) is 4.21. The smallest absolute Gasteiger partial charge is 0.203 e. The number of phenols is 1. The predicted molar refractivity (Wildman–Crippen MR) is 80.4 cm³/mol. The summed E-state index contributed by atoms with van der Waals surface area (Å²) in [5.41, 5.74) is 4.30. The van der Waals surface area contributed by atoms with E-state index in [9.17, 15) is 5.11 Å². The SMILES string of the molecule is COc1cc(Br)cc(C=NNc2nc(C)cs2)c1O. The van der Waals surface area contributed by atoms with Gasteiger partial charge >= 0.3 is 0 Å². The van der Waals surface area contributed by atoms with Gasteiger partial charge in [0.15, 0.2) is 11.5 Å². The number of ether oxygens (including phenoxy) is 1. The Morgan fingerprint density at radius 1 is 1.53 bits per heavy atom. The van der Waals surface area contributed by atoms with Gasteiger partial charge in [0.05, 0.1) is 19.0 Å². The Morgan fingerprint density at radius 3 is 2.95 bits per heavy atom. The van der Waals surface area contributed by atoms with Crippen LogP contribution in [-0.2, 0) is 0 Å². The fourth-order valence-electron chi connectivity index (χ4n) is 1.41. The molecule has 7 heteroatoms. The lowest BCUT2D eigenvalue weighted by atomic mass is 10.2. The van der Waals surface area contributed by atoms with Crippen LogP contribution in [0, 0.1) is 6.92 Å². The quantitative estimate of drug-likeness (QED) is 0.660. The molecule has 1 heterocycles. The van der Waals surface area contributed by atoms with E-state index in [1.165, 1.54) is 24.7 Å². The predicted octanol–water partition coefficient (Wildman–Crippen LogP) is 3.37. The van der Waals surface area contributed by atoms with Crippen LogP contribution in [0.3, 0.4) is 0 Å². The average molecular weight is 342 g/mol. The molecular formula is C12H12BrN3O2S. The zero-order valence-corrected chi connectivity index (χ0v) is 12.7. The van der Waals surface area contributed by atoms with Gasteiger partial charge in [0.2, 0.25) is 5.13 Å². The van der Waals surface area contributed by atoms with Gasteiger partial charge in [0.1, 0.15) is 0 Å². The van der Waals surface area contributed by atoms with E-state index in [4.69, 9.17) is 4.74 Å². The van der Waals surface area contributed by atoms with Crippen LogP contribution in [0.2, 0.25) is 0 Å². The maximum atomic E-state index is 9.94. The number of hydrogen-bond donors (Lipinski definition) is 2. The first-order chi connectivity index (χ1) is 9.10. The molecule has 0 aliphatic carbocycles. The van der Waals surface area contributed by atoms with Gasteiger partial charge in [-0.3, -0.25) is 5.43 Å². The van der Waals surface area contributed by atoms with E-state index < -0.39 is 0 Å². The summed E-state index contributed by atoms with van der Waals surface area (Å²) in [6.45, 7) is 1.91. The first-order valence-corrected chi connectivity index (χ1v) is 7.05. The van der Waals surface area contributed by atoms with Crippen molar-refractivity contribution < 1.29 is 9.84 Å². The first-order valence-electron chi connectivity index (χ1n) is 5.38. The van der Waals surface area contributed by atoms with Gasteiger partial charge in [-0.25, -0.2) is 4.98 Å². The highest BCUT2D eigenvalue weighted by molar-refractivity contribution is 9.10. The molecule has 5 nitrogen and oxygen atoms in total. The van der Waals surface area contributed by atoms with Gasteiger partial charge in [0.25, 0.3) is 0 Å². The highest BCUT2D eigenvalue weighted by Crippen LogP contribution is 2.32. The number of aromatic nitrogens is 1. The molecule has 1 aromatic carbocycles. The third-order valence-corrected chi connectivity index (χ3v) is 3.59. The summed E-state index contributed by atoms with van der Waals surface area (Å²) in [6.07, 6.45) is 1.51. The second kappa shape index (κ2) is 6.03. The number of thiazole rings is 1. The van der Waals surface area contributed by atoms with Gasteiger partial charge in [-0.1, -0.05) is 15.9 Å². The Balaban J connectivity index is 2.16. The number of aryl methyl sites for hydroxylation is 1. The van der Waals surface area contributed by atoms with Crippen molar-refractivity contribution in [1.82, 2.24) is 4.98 Å². The Labute approximate surface area is 123 Å². The van der Waals surface area contributed by atoms with Crippen LogP contribution in [0.4, 0.5) is 5.13 Å². The van der Waals surface area contributed by atoms with Crippen molar-refractivity contribution >= 4 is 38.6 Å². The molecule has 0 amide bonds. The van der Waals surface area contributed by atoms with Crippen molar-refractivity contribution in [3.8, 4) is 11.5 Å². The maximum absolute atomic E-state index is 9.94. The number of phenolic OH excluding ortho intramolecular Hbond substituents is 1. The second-order valence-corrected chi connectivity index (χ2v) is 5.48. The molecule has 2 aromatic rings. The average Bonchev–Trinajstić information content (AvgIpc) is 2.79. The Morgan fingerprint density at radius 2 is 2.32 bits per heavy atom. The topological polar surface area (TPSA) is 66.7 Å². The molecule has 0 aliphatic rings. The highest BCUT2D eigenvalue weighted by Gasteiger charge is 2.08. The molecule has 100 valence electrons. The van der Waals surface area contributed by atoms with Gasteiger partial charge in [-0.2, -0.15) is 5.10 Å². The van der Waals surface area contributed by atoms with Crippen molar-refractivity contribution in [1.29, 1.82) is 0 Å². The van der Waals surface area contributed by atoms with Crippen molar-refractivity contribution in [2.24, 2.45) is 5.10 Å². The van der Waals surface area contributed by atoms with Crippen LogP contribution in [0.15, 0.2) is 27.1 Å². The summed E-state index contributed by atoms with van der Waals surface area (Å²) in [5.74, 6) is 0.437. The van der Waals surface area contributed by atoms with Gasteiger partial charge in [0, 0.05) is 15.4 Å². The Hall–Kier alpha value is -1.60. The lowest BCUT2D eigenvalue weighted by molar-refractivity contribution is 0.373. The third-order valence-electron chi connectivity index (χ3n) is 2.27. The summed E-state index contributed by atoms with van der Waals surface area (Å²) in [5, 5.41) is 16.6. The van der Waals surface area contributed by atoms with E-state index in [0.717, 1.165) is 10.2 Å². The largest absolute Gasteiger partial charge is 0.504 e. The number of nitrogens with zero attached hydrogens (tertiary/aromatic N) is 2. The van der Waals surface area contributed by atoms with Crippen molar-refractivity contribution in [2.75, 3.05) is 12.5 Å². The van der Waals surface area contributed by atoms with Crippen LogP contribution in [0.5, 0.6) is 11.5 Å². The summed E-state index contributed by atoms with van der Waals surface area (Å²) >= 11 is 4.81. The normalized spacial score (nSPS) is 10.9. The van der Waals surface area contributed by atoms with E-state index in [0.29, 0.717) is 16.4 Å². The maximum Gasteiger partial charge on any atom is 0.203 e. The second-order valence-electron chi connectivity index (χ2n) is 3.71. The molecular weight excluding hydrogens is 330 g/mol. The molecule has 0 fully saturated rings. The van der Waals surface area contributed by atoms with E-state index in [1.807, 2.05) is 12.3 Å². The number of rotatable bonds is 4. The summed E-state index contributed by atoms with van der Waals surface area (Å²) in [6, 6.07) is 3.43. The van der Waals surface area contributed by atoms with Crippen LogP contribution in [0.1, 0.15) is 11.3 Å². The lowest BCUT2D eigenvalue weighted by Gasteiger charge is -2.06. The molecule has 0 spiro atoms. The summed E-state index contributed by atoms with van der Waals surface area (Å²) in [7, 11) is 1.50. The number of hydrogen-bond acceptors (Lipinski definition) is 6. The molecule has 2 rings (SSSR count). The monoisotopic (exact) mass is 341 g/mol. The van der Waals surface area contributed by atoms with Crippen LogP contribution in [0.25, 0.3) is 0 Å². The summed E-state index contributed by atoms with van der Waals surface area (Å²) < 4.78 is 5.86. The molecule has 19 heavy (non-hydrogen) atoms. The number of nitrogens with one attached hydrogen (secondary N) is 1. The van der Waals surface area contributed by atoms with E-state index in [-0.39, 0.29) is 5.75 Å². The Bertz CT molecular complexity index is 613. The number of aromatic hydroxyl groups is 1.